The third kappa shape index (κ3) is 3.02. The SMILES string of the molecule is CCCc1nc2ccccc2n1CC(=O)C1CCCCC1. The molecule has 1 heterocycles. The summed E-state index contributed by atoms with van der Waals surface area (Å²) >= 11 is 0. The van der Waals surface area contributed by atoms with E-state index >= 15 is 0 Å². The van der Waals surface area contributed by atoms with Gasteiger partial charge in [-0.25, -0.2) is 4.98 Å². The van der Waals surface area contributed by atoms with Crippen LogP contribution < -0.4 is 0 Å². The number of rotatable bonds is 5. The summed E-state index contributed by atoms with van der Waals surface area (Å²) < 4.78 is 2.15. The highest BCUT2D eigenvalue weighted by Gasteiger charge is 2.22. The highest BCUT2D eigenvalue weighted by molar-refractivity contribution is 5.84. The lowest BCUT2D eigenvalue weighted by Gasteiger charge is -2.21. The molecule has 0 bridgehead atoms. The summed E-state index contributed by atoms with van der Waals surface area (Å²) in [6.07, 6.45) is 7.86. The minimum Gasteiger partial charge on any atom is -0.320 e. The van der Waals surface area contributed by atoms with E-state index in [0.717, 1.165) is 42.5 Å². The van der Waals surface area contributed by atoms with Gasteiger partial charge in [0.2, 0.25) is 0 Å². The van der Waals surface area contributed by atoms with Crippen LogP contribution in [0.15, 0.2) is 24.3 Å². The zero-order valence-corrected chi connectivity index (χ0v) is 12.8. The lowest BCUT2D eigenvalue weighted by atomic mass is 9.86. The van der Waals surface area contributed by atoms with Gasteiger partial charge in [-0.2, -0.15) is 0 Å². The Morgan fingerprint density at radius 2 is 2.00 bits per heavy atom. The van der Waals surface area contributed by atoms with Gasteiger partial charge in [-0.3, -0.25) is 4.79 Å². The molecule has 0 aliphatic heterocycles. The fourth-order valence-corrected chi connectivity index (χ4v) is 3.43. The predicted octanol–water partition coefficient (Wildman–Crippen LogP) is 4.14. The molecular weight excluding hydrogens is 260 g/mol. The Morgan fingerprint density at radius 1 is 1.24 bits per heavy atom. The predicted molar refractivity (Wildman–Crippen MR) is 85.3 cm³/mol. The zero-order valence-electron chi connectivity index (χ0n) is 12.8. The fraction of sp³-hybridized carbons (Fsp3) is 0.556. The zero-order chi connectivity index (χ0) is 14.7. The smallest absolute Gasteiger partial charge is 0.155 e. The molecule has 0 atom stereocenters. The van der Waals surface area contributed by atoms with Crippen LogP contribution in [0.1, 0.15) is 51.3 Å². The number of aromatic nitrogens is 2. The largest absolute Gasteiger partial charge is 0.320 e. The Balaban J connectivity index is 1.87. The number of aryl methyl sites for hydroxylation is 1. The van der Waals surface area contributed by atoms with Crippen molar-refractivity contribution >= 4 is 16.8 Å². The van der Waals surface area contributed by atoms with Crippen LogP contribution in [0.4, 0.5) is 0 Å². The maximum Gasteiger partial charge on any atom is 0.155 e. The molecule has 3 heteroatoms. The van der Waals surface area contributed by atoms with Gasteiger partial charge in [0.25, 0.3) is 0 Å². The van der Waals surface area contributed by atoms with Gasteiger partial charge in [0, 0.05) is 12.3 Å². The van der Waals surface area contributed by atoms with Crippen LogP contribution in [0.3, 0.4) is 0 Å². The average molecular weight is 284 g/mol. The summed E-state index contributed by atoms with van der Waals surface area (Å²) in [6, 6.07) is 8.16. The molecule has 1 saturated carbocycles. The quantitative estimate of drug-likeness (QED) is 0.827. The number of Topliss-reactive ketones (excluding diaryl/α,β-unsaturated/α-hetero) is 1. The van der Waals surface area contributed by atoms with Gasteiger partial charge in [-0.15, -0.1) is 0 Å². The first kappa shape index (κ1) is 14.3. The van der Waals surface area contributed by atoms with Crippen LogP contribution in [0.2, 0.25) is 0 Å². The molecule has 1 fully saturated rings. The molecular formula is C18H24N2O. The van der Waals surface area contributed by atoms with Crippen LogP contribution >= 0.6 is 0 Å². The van der Waals surface area contributed by atoms with E-state index in [1.807, 2.05) is 18.2 Å². The minimum atomic E-state index is 0.273. The van der Waals surface area contributed by atoms with E-state index in [1.165, 1.54) is 19.3 Å². The van der Waals surface area contributed by atoms with Gasteiger partial charge in [0.15, 0.2) is 5.78 Å². The van der Waals surface area contributed by atoms with Crippen molar-refractivity contribution in [1.82, 2.24) is 9.55 Å². The molecule has 0 unspecified atom stereocenters. The summed E-state index contributed by atoms with van der Waals surface area (Å²) in [7, 11) is 0. The van der Waals surface area contributed by atoms with Gasteiger partial charge in [-0.05, 0) is 31.4 Å². The number of hydrogen-bond donors (Lipinski definition) is 0. The molecule has 3 rings (SSSR count). The molecule has 1 aromatic carbocycles. The topological polar surface area (TPSA) is 34.9 Å². The molecule has 21 heavy (non-hydrogen) atoms. The van der Waals surface area contributed by atoms with Crippen LogP contribution in [0.25, 0.3) is 11.0 Å². The summed E-state index contributed by atoms with van der Waals surface area (Å²) in [6.45, 7) is 2.66. The first-order chi connectivity index (χ1) is 10.3. The van der Waals surface area contributed by atoms with Crippen molar-refractivity contribution in [3.8, 4) is 0 Å². The molecule has 0 amide bonds. The number of benzene rings is 1. The molecule has 112 valence electrons. The molecule has 1 aliphatic carbocycles. The number of nitrogens with zero attached hydrogens (tertiary/aromatic N) is 2. The third-order valence-electron chi connectivity index (χ3n) is 4.58. The number of carbonyl (C=O) groups excluding carboxylic acids is 1. The number of ketones is 1. The van der Waals surface area contributed by atoms with Crippen molar-refractivity contribution in [1.29, 1.82) is 0 Å². The lowest BCUT2D eigenvalue weighted by Crippen LogP contribution is -2.23. The van der Waals surface area contributed by atoms with E-state index in [4.69, 9.17) is 4.98 Å². The molecule has 0 N–H and O–H groups in total. The summed E-state index contributed by atoms with van der Waals surface area (Å²) in [5, 5.41) is 0. The van der Waals surface area contributed by atoms with E-state index in [2.05, 4.69) is 17.6 Å². The molecule has 0 spiro atoms. The van der Waals surface area contributed by atoms with Crippen molar-refractivity contribution in [2.75, 3.05) is 0 Å². The maximum atomic E-state index is 12.6. The second-order valence-electron chi connectivity index (χ2n) is 6.15. The van der Waals surface area contributed by atoms with Crippen molar-refractivity contribution in [2.24, 2.45) is 5.92 Å². The standard InChI is InChI=1S/C18H24N2O/c1-2-8-18-19-15-11-6-7-12-16(15)20(18)13-17(21)14-9-4-3-5-10-14/h6-7,11-12,14H,2-5,8-10,13H2,1H3. The molecule has 1 aromatic heterocycles. The fourth-order valence-electron chi connectivity index (χ4n) is 3.43. The number of para-hydroxylation sites is 2. The van der Waals surface area contributed by atoms with Crippen LogP contribution in [-0.4, -0.2) is 15.3 Å². The van der Waals surface area contributed by atoms with Crippen LogP contribution in [0, 0.1) is 5.92 Å². The first-order valence-corrected chi connectivity index (χ1v) is 8.26. The monoisotopic (exact) mass is 284 g/mol. The summed E-state index contributed by atoms with van der Waals surface area (Å²) in [5.41, 5.74) is 2.11. The second kappa shape index (κ2) is 6.42. The van der Waals surface area contributed by atoms with Gasteiger partial charge in [0.05, 0.1) is 17.6 Å². The van der Waals surface area contributed by atoms with Crippen molar-refractivity contribution in [2.45, 2.75) is 58.4 Å². The summed E-state index contributed by atoms with van der Waals surface area (Å²) in [5.74, 6) is 1.73. The van der Waals surface area contributed by atoms with E-state index in [-0.39, 0.29) is 5.92 Å². The molecule has 3 nitrogen and oxygen atoms in total. The summed E-state index contributed by atoms with van der Waals surface area (Å²) in [4.78, 5) is 17.3. The molecule has 0 radical (unpaired) electrons. The minimum absolute atomic E-state index is 0.273. The van der Waals surface area contributed by atoms with Crippen molar-refractivity contribution in [3.63, 3.8) is 0 Å². The van der Waals surface area contributed by atoms with Crippen LogP contribution in [-0.2, 0) is 17.8 Å². The number of imidazole rings is 1. The van der Waals surface area contributed by atoms with Crippen molar-refractivity contribution in [3.05, 3.63) is 30.1 Å². The van der Waals surface area contributed by atoms with Crippen LogP contribution in [0.5, 0.6) is 0 Å². The lowest BCUT2D eigenvalue weighted by molar-refractivity contribution is -0.124. The van der Waals surface area contributed by atoms with E-state index in [1.54, 1.807) is 0 Å². The first-order valence-electron chi connectivity index (χ1n) is 8.26. The Bertz CT molecular complexity index is 623. The number of carbonyl (C=O) groups is 1. The number of fused-ring (bicyclic) bond motifs is 1. The van der Waals surface area contributed by atoms with E-state index in [0.29, 0.717) is 12.3 Å². The maximum absolute atomic E-state index is 12.6. The highest BCUT2D eigenvalue weighted by Crippen LogP contribution is 2.26. The van der Waals surface area contributed by atoms with Gasteiger partial charge < -0.3 is 4.57 Å². The van der Waals surface area contributed by atoms with Crippen molar-refractivity contribution < 1.29 is 4.79 Å². The Morgan fingerprint density at radius 3 is 2.76 bits per heavy atom. The molecule has 2 aromatic rings. The Kier molecular flexibility index (Phi) is 4.37. The normalized spacial score (nSPS) is 16.4. The average Bonchev–Trinajstić information content (AvgIpc) is 2.86. The van der Waals surface area contributed by atoms with Gasteiger partial charge >= 0.3 is 0 Å². The second-order valence-corrected chi connectivity index (χ2v) is 6.15. The van der Waals surface area contributed by atoms with E-state index < -0.39 is 0 Å². The van der Waals surface area contributed by atoms with Gasteiger partial charge in [0.1, 0.15) is 5.82 Å². The third-order valence-corrected chi connectivity index (χ3v) is 4.58. The molecule has 1 aliphatic rings. The Hall–Kier alpha value is -1.64. The molecule has 0 saturated heterocycles. The van der Waals surface area contributed by atoms with Gasteiger partial charge in [-0.1, -0.05) is 38.3 Å². The van der Waals surface area contributed by atoms with E-state index in [9.17, 15) is 4.79 Å². The highest BCUT2D eigenvalue weighted by atomic mass is 16.1. The Labute approximate surface area is 126 Å². The number of hydrogen-bond acceptors (Lipinski definition) is 2.